The first kappa shape index (κ1) is 13.4. The summed E-state index contributed by atoms with van der Waals surface area (Å²) in [4.78, 5) is 4.25. The second-order valence-electron chi connectivity index (χ2n) is 3.73. The first-order valence-electron chi connectivity index (χ1n) is 5.44. The van der Waals surface area contributed by atoms with Crippen molar-refractivity contribution >= 4 is 37.5 Å². The van der Waals surface area contributed by atoms with Crippen molar-refractivity contribution < 1.29 is 4.74 Å². The van der Waals surface area contributed by atoms with Gasteiger partial charge in [-0.15, -0.1) is 0 Å². The monoisotopic (exact) mass is 370 g/mol. The number of hydrogen-bond acceptors (Lipinski definition) is 3. The van der Waals surface area contributed by atoms with E-state index in [1.807, 2.05) is 30.3 Å². The second kappa shape index (κ2) is 6.20. The molecule has 0 atom stereocenters. The maximum Gasteiger partial charge on any atom is 0.147 e. The van der Waals surface area contributed by atoms with Crippen molar-refractivity contribution in [3.05, 3.63) is 51.2 Å². The van der Waals surface area contributed by atoms with Gasteiger partial charge >= 0.3 is 0 Å². The van der Waals surface area contributed by atoms with Crippen molar-refractivity contribution in [2.24, 2.45) is 0 Å². The van der Waals surface area contributed by atoms with E-state index in [4.69, 9.17) is 10.5 Å². The molecule has 0 amide bonds. The van der Waals surface area contributed by atoms with E-state index in [0.29, 0.717) is 12.3 Å². The normalized spacial score (nSPS) is 10.3. The van der Waals surface area contributed by atoms with E-state index in [2.05, 4.69) is 36.8 Å². The molecule has 0 spiro atoms. The van der Waals surface area contributed by atoms with Crippen molar-refractivity contribution in [1.29, 1.82) is 0 Å². The van der Waals surface area contributed by atoms with Gasteiger partial charge in [-0.2, -0.15) is 0 Å². The average molecular weight is 372 g/mol. The Balaban J connectivity index is 1.99. The van der Waals surface area contributed by atoms with Crippen LogP contribution in [0.4, 0.5) is 5.69 Å². The number of nitrogens with zero attached hydrogens (tertiary/aromatic N) is 1. The predicted octanol–water partition coefficient (Wildman–Crippen LogP) is 3.81. The molecule has 2 N–H and O–H groups in total. The van der Waals surface area contributed by atoms with E-state index in [1.165, 1.54) is 0 Å². The Bertz CT molecular complexity index is 509. The molecule has 0 aliphatic rings. The zero-order valence-corrected chi connectivity index (χ0v) is 12.7. The van der Waals surface area contributed by atoms with Crippen LogP contribution in [-0.2, 0) is 6.42 Å². The fourth-order valence-electron chi connectivity index (χ4n) is 1.52. The van der Waals surface area contributed by atoms with Crippen LogP contribution in [0, 0.1) is 0 Å². The third-order valence-electron chi connectivity index (χ3n) is 2.35. The Hall–Kier alpha value is -1.07. The van der Waals surface area contributed by atoms with Crippen molar-refractivity contribution in [2.45, 2.75) is 6.42 Å². The van der Waals surface area contributed by atoms with E-state index in [-0.39, 0.29) is 0 Å². The molecule has 1 aromatic heterocycles. The first-order valence-corrected chi connectivity index (χ1v) is 7.02. The maximum absolute atomic E-state index is 5.74. The third-order valence-corrected chi connectivity index (χ3v) is 3.53. The Morgan fingerprint density at radius 3 is 2.50 bits per heavy atom. The van der Waals surface area contributed by atoms with Gasteiger partial charge in [0.1, 0.15) is 5.75 Å². The Kier molecular flexibility index (Phi) is 4.60. The van der Waals surface area contributed by atoms with Gasteiger partial charge in [-0.1, -0.05) is 6.07 Å². The Morgan fingerprint density at radius 2 is 1.89 bits per heavy atom. The van der Waals surface area contributed by atoms with Gasteiger partial charge in [-0.3, -0.25) is 4.98 Å². The van der Waals surface area contributed by atoms with Crippen LogP contribution in [0.15, 0.2) is 45.5 Å². The molecule has 3 nitrogen and oxygen atoms in total. The summed E-state index contributed by atoms with van der Waals surface area (Å²) >= 11 is 6.87. The summed E-state index contributed by atoms with van der Waals surface area (Å²) in [6, 6.07) is 9.49. The molecule has 18 heavy (non-hydrogen) atoms. The fourth-order valence-corrected chi connectivity index (χ4v) is 2.97. The van der Waals surface area contributed by atoms with E-state index in [1.54, 1.807) is 6.20 Å². The number of benzene rings is 1. The van der Waals surface area contributed by atoms with Gasteiger partial charge in [0.15, 0.2) is 0 Å². The SMILES string of the molecule is Nc1cc(Br)c(OCCc2ccccn2)c(Br)c1. The largest absolute Gasteiger partial charge is 0.491 e. The predicted molar refractivity (Wildman–Crippen MR) is 79.7 cm³/mol. The van der Waals surface area contributed by atoms with E-state index in [0.717, 1.165) is 26.8 Å². The number of hydrogen-bond donors (Lipinski definition) is 1. The molecule has 1 heterocycles. The van der Waals surface area contributed by atoms with Gasteiger partial charge in [0.05, 0.1) is 15.6 Å². The molecule has 0 saturated carbocycles. The number of rotatable bonds is 4. The standard InChI is InChI=1S/C13H12Br2N2O/c14-11-7-9(16)8-12(15)13(11)18-6-4-10-3-1-2-5-17-10/h1-3,5,7-8H,4,6,16H2. The lowest BCUT2D eigenvalue weighted by atomic mass is 10.3. The minimum Gasteiger partial charge on any atom is -0.491 e. The quantitative estimate of drug-likeness (QED) is 0.831. The number of pyridine rings is 1. The molecule has 0 aliphatic carbocycles. The van der Waals surface area contributed by atoms with Crippen molar-refractivity contribution in [1.82, 2.24) is 4.98 Å². The molecular formula is C13H12Br2N2O. The second-order valence-corrected chi connectivity index (χ2v) is 5.44. The topological polar surface area (TPSA) is 48.1 Å². The molecule has 0 saturated heterocycles. The molecule has 0 fully saturated rings. The van der Waals surface area contributed by atoms with E-state index in [9.17, 15) is 0 Å². The molecule has 2 aromatic rings. The van der Waals surface area contributed by atoms with Crippen LogP contribution in [0.2, 0.25) is 0 Å². The van der Waals surface area contributed by atoms with Gasteiger partial charge < -0.3 is 10.5 Å². The molecule has 94 valence electrons. The zero-order chi connectivity index (χ0) is 13.0. The van der Waals surface area contributed by atoms with Gasteiger partial charge in [0, 0.05) is 24.0 Å². The highest BCUT2D eigenvalue weighted by molar-refractivity contribution is 9.11. The van der Waals surface area contributed by atoms with Crippen LogP contribution in [-0.4, -0.2) is 11.6 Å². The van der Waals surface area contributed by atoms with Crippen LogP contribution in [0.1, 0.15) is 5.69 Å². The third kappa shape index (κ3) is 3.46. The molecule has 0 bridgehead atoms. The smallest absolute Gasteiger partial charge is 0.147 e. The molecule has 0 radical (unpaired) electrons. The lowest BCUT2D eigenvalue weighted by Gasteiger charge is -2.10. The zero-order valence-electron chi connectivity index (χ0n) is 9.57. The van der Waals surface area contributed by atoms with Gasteiger partial charge in [-0.05, 0) is 56.1 Å². The molecule has 1 aromatic carbocycles. The van der Waals surface area contributed by atoms with Gasteiger partial charge in [0.25, 0.3) is 0 Å². The van der Waals surface area contributed by atoms with Crippen LogP contribution in [0.25, 0.3) is 0 Å². The highest BCUT2D eigenvalue weighted by Gasteiger charge is 2.07. The summed E-state index contributed by atoms with van der Waals surface area (Å²) in [6.45, 7) is 0.568. The number of halogens is 2. The maximum atomic E-state index is 5.74. The number of nitrogen functional groups attached to an aromatic ring is 1. The number of nitrogens with two attached hydrogens (primary N) is 1. The van der Waals surface area contributed by atoms with E-state index >= 15 is 0 Å². The molecular weight excluding hydrogens is 360 g/mol. The summed E-state index contributed by atoms with van der Waals surface area (Å²) < 4.78 is 7.42. The number of aromatic nitrogens is 1. The average Bonchev–Trinajstić information content (AvgIpc) is 2.34. The van der Waals surface area contributed by atoms with Gasteiger partial charge in [0.2, 0.25) is 0 Å². The Labute approximate surface area is 123 Å². The van der Waals surface area contributed by atoms with Crippen LogP contribution >= 0.6 is 31.9 Å². The Morgan fingerprint density at radius 1 is 1.17 bits per heavy atom. The van der Waals surface area contributed by atoms with Crippen molar-refractivity contribution in [3.8, 4) is 5.75 Å². The summed E-state index contributed by atoms with van der Waals surface area (Å²) in [7, 11) is 0. The van der Waals surface area contributed by atoms with Crippen molar-refractivity contribution in [2.75, 3.05) is 12.3 Å². The number of ether oxygens (including phenoxy) is 1. The minimum atomic E-state index is 0.568. The molecule has 0 aliphatic heterocycles. The van der Waals surface area contributed by atoms with Gasteiger partial charge in [-0.25, -0.2) is 0 Å². The van der Waals surface area contributed by atoms with Crippen LogP contribution in [0.3, 0.4) is 0 Å². The molecule has 5 heteroatoms. The molecule has 0 unspecified atom stereocenters. The molecule has 2 rings (SSSR count). The first-order chi connectivity index (χ1) is 8.66. The lowest BCUT2D eigenvalue weighted by Crippen LogP contribution is -2.04. The van der Waals surface area contributed by atoms with Crippen LogP contribution in [0.5, 0.6) is 5.75 Å². The van der Waals surface area contributed by atoms with Crippen molar-refractivity contribution in [3.63, 3.8) is 0 Å². The minimum absolute atomic E-state index is 0.568. The van der Waals surface area contributed by atoms with E-state index < -0.39 is 0 Å². The summed E-state index contributed by atoms with van der Waals surface area (Å²) in [5, 5.41) is 0. The lowest BCUT2D eigenvalue weighted by molar-refractivity contribution is 0.316. The summed E-state index contributed by atoms with van der Waals surface area (Å²) in [5.74, 6) is 0.764. The highest BCUT2D eigenvalue weighted by Crippen LogP contribution is 2.35. The summed E-state index contributed by atoms with van der Waals surface area (Å²) in [5.41, 5.74) is 7.42. The fraction of sp³-hybridized carbons (Fsp3) is 0.154. The van der Waals surface area contributed by atoms with Crippen LogP contribution < -0.4 is 10.5 Å². The highest BCUT2D eigenvalue weighted by atomic mass is 79.9. The number of anilines is 1. The summed E-state index contributed by atoms with van der Waals surface area (Å²) in [6.07, 6.45) is 2.55.